The molecule has 0 aliphatic carbocycles. The van der Waals surface area contributed by atoms with Crippen LogP contribution in [0.25, 0.3) is 0 Å². The highest BCUT2D eigenvalue weighted by molar-refractivity contribution is 4.80. The Morgan fingerprint density at radius 3 is 2.75 bits per heavy atom. The van der Waals surface area contributed by atoms with E-state index in [1.165, 1.54) is 32.6 Å². The lowest BCUT2D eigenvalue weighted by atomic mass is 10.2. The molecular formula is C10H22N2. The van der Waals surface area contributed by atoms with Crippen LogP contribution in [0.4, 0.5) is 0 Å². The summed E-state index contributed by atoms with van der Waals surface area (Å²) in [6.07, 6.45) is 1.33. The van der Waals surface area contributed by atoms with Gasteiger partial charge in [0.2, 0.25) is 0 Å². The van der Waals surface area contributed by atoms with Crippen molar-refractivity contribution >= 4 is 0 Å². The van der Waals surface area contributed by atoms with Gasteiger partial charge in [-0.2, -0.15) is 0 Å². The second kappa shape index (κ2) is 4.83. The van der Waals surface area contributed by atoms with E-state index < -0.39 is 0 Å². The number of hydrogen-bond donors (Lipinski definition) is 1. The molecule has 0 saturated carbocycles. The van der Waals surface area contributed by atoms with Crippen molar-refractivity contribution in [3.63, 3.8) is 0 Å². The van der Waals surface area contributed by atoms with Gasteiger partial charge in [0.15, 0.2) is 0 Å². The average Bonchev–Trinajstić information content (AvgIpc) is 2.48. The molecule has 72 valence electrons. The number of likely N-dealkylation sites (N-methyl/N-ethyl adjacent to an activating group) is 1. The van der Waals surface area contributed by atoms with Gasteiger partial charge >= 0.3 is 0 Å². The monoisotopic (exact) mass is 170 g/mol. The average molecular weight is 170 g/mol. The molecule has 1 aliphatic heterocycles. The lowest BCUT2D eigenvalue weighted by molar-refractivity contribution is 0.343. The first-order valence-corrected chi connectivity index (χ1v) is 5.18. The first-order chi connectivity index (χ1) is 5.72. The first-order valence-electron chi connectivity index (χ1n) is 5.18. The van der Waals surface area contributed by atoms with Crippen molar-refractivity contribution in [1.29, 1.82) is 0 Å². The predicted octanol–water partition coefficient (Wildman–Crippen LogP) is 1.33. The first kappa shape index (κ1) is 10.0. The van der Waals surface area contributed by atoms with Crippen molar-refractivity contribution in [3.8, 4) is 0 Å². The maximum Gasteiger partial charge on any atom is 0.0207 e. The molecule has 1 atom stereocenters. The summed E-state index contributed by atoms with van der Waals surface area (Å²) in [5.41, 5.74) is 0. The fourth-order valence-electron chi connectivity index (χ4n) is 1.69. The normalized spacial score (nSPS) is 25.5. The zero-order chi connectivity index (χ0) is 8.97. The number of likely N-dealkylation sites (tertiary alicyclic amines) is 1. The van der Waals surface area contributed by atoms with Crippen LogP contribution in [0.5, 0.6) is 0 Å². The molecule has 1 heterocycles. The Hall–Kier alpha value is -0.0800. The fourth-order valence-corrected chi connectivity index (χ4v) is 1.69. The van der Waals surface area contributed by atoms with Gasteiger partial charge in [-0.05, 0) is 32.0 Å². The molecule has 0 aromatic rings. The van der Waals surface area contributed by atoms with Crippen molar-refractivity contribution in [1.82, 2.24) is 10.2 Å². The van der Waals surface area contributed by atoms with E-state index in [2.05, 4.69) is 31.0 Å². The van der Waals surface area contributed by atoms with E-state index in [9.17, 15) is 0 Å². The minimum absolute atomic E-state index is 0.757. The highest BCUT2D eigenvalue weighted by Gasteiger charge is 2.20. The van der Waals surface area contributed by atoms with Gasteiger partial charge < -0.3 is 10.2 Å². The molecule has 0 radical (unpaired) electrons. The molecule has 2 nitrogen and oxygen atoms in total. The van der Waals surface area contributed by atoms with Crippen molar-refractivity contribution in [3.05, 3.63) is 0 Å². The van der Waals surface area contributed by atoms with Crippen LogP contribution >= 0.6 is 0 Å². The summed E-state index contributed by atoms with van der Waals surface area (Å²) in [6.45, 7) is 11.7. The SMILES string of the molecule is CCN1CCC(NCC(C)C)C1. The Morgan fingerprint density at radius 1 is 1.50 bits per heavy atom. The van der Waals surface area contributed by atoms with Gasteiger partial charge in [-0.3, -0.25) is 0 Å². The maximum atomic E-state index is 3.60. The van der Waals surface area contributed by atoms with E-state index in [0.717, 1.165) is 12.0 Å². The summed E-state index contributed by atoms with van der Waals surface area (Å²) in [5, 5.41) is 3.60. The van der Waals surface area contributed by atoms with E-state index in [-0.39, 0.29) is 0 Å². The van der Waals surface area contributed by atoms with Gasteiger partial charge in [-0.1, -0.05) is 20.8 Å². The molecule has 0 aromatic carbocycles. The summed E-state index contributed by atoms with van der Waals surface area (Å²) in [6, 6.07) is 0.757. The van der Waals surface area contributed by atoms with Crippen LogP contribution in [0.2, 0.25) is 0 Å². The Kier molecular flexibility index (Phi) is 4.02. The second-order valence-electron chi connectivity index (χ2n) is 4.18. The van der Waals surface area contributed by atoms with Gasteiger partial charge in [0.05, 0.1) is 0 Å². The van der Waals surface area contributed by atoms with Crippen molar-refractivity contribution in [2.24, 2.45) is 5.92 Å². The van der Waals surface area contributed by atoms with E-state index in [0.29, 0.717) is 0 Å². The Balaban J connectivity index is 2.11. The molecular weight excluding hydrogens is 148 g/mol. The second-order valence-corrected chi connectivity index (χ2v) is 4.18. The molecule has 1 aliphatic rings. The highest BCUT2D eigenvalue weighted by atomic mass is 15.2. The van der Waals surface area contributed by atoms with Crippen LogP contribution in [0.3, 0.4) is 0 Å². The fraction of sp³-hybridized carbons (Fsp3) is 1.00. The topological polar surface area (TPSA) is 15.3 Å². The van der Waals surface area contributed by atoms with Gasteiger partial charge in [0.1, 0.15) is 0 Å². The van der Waals surface area contributed by atoms with Crippen LogP contribution < -0.4 is 5.32 Å². The van der Waals surface area contributed by atoms with Crippen molar-refractivity contribution in [2.45, 2.75) is 33.2 Å². The third-order valence-electron chi connectivity index (χ3n) is 2.53. The highest BCUT2D eigenvalue weighted by Crippen LogP contribution is 2.08. The zero-order valence-electron chi connectivity index (χ0n) is 8.64. The summed E-state index contributed by atoms with van der Waals surface area (Å²) < 4.78 is 0. The molecule has 0 bridgehead atoms. The van der Waals surface area contributed by atoms with Crippen molar-refractivity contribution < 1.29 is 0 Å². The number of nitrogens with zero attached hydrogens (tertiary/aromatic N) is 1. The number of rotatable bonds is 4. The standard InChI is InChI=1S/C10H22N2/c1-4-12-6-5-10(8-12)11-7-9(2)3/h9-11H,4-8H2,1-3H3. The predicted molar refractivity (Wildman–Crippen MR) is 53.4 cm³/mol. The summed E-state index contributed by atoms with van der Waals surface area (Å²) in [4.78, 5) is 2.51. The molecule has 12 heavy (non-hydrogen) atoms. The van der Waals surface area contributed by atoms with Crippen LogP contribution in [-0.2, 0) is 0 Å². The van der Waals surface area contributed by atoms with E-state index in [1.54, 1.807) is 0 Å². The van der Waals surface area contributed by atoms with E-state index in [1.807, 2.05) is 0 Å². The minimum Gasteiger partial charge on any atom is -0.312 e. The van der Waals surface area contributed by atoms with Crippen LogP contribution in [-0.4, -0.2) is 37.1 Å². The van der Waals surface area contributed by atoms with Gasteiger partial charge in [0, 0.05) is 12.6 Å². The van der Waals surface area contributed by atoms with Gasteiger partial charge in [0.25, 0.3) is 0 Å². The van der Waals surface area contributed by atoms with Crippen LogP contribution in [0.1, 0.15) is 27.2 Å². The Bertz CT molecular complexity index is 123. The summed E-state index contributed by atoms with van der Waals surface area (Å²) in [7, 11) is 0. The number of nitrogens with one attached hydrogen (secondary N) is 1. The molecule has 2 heteroatoms. The molecule has 1 unspecified atom stereocenters. The number of hydrogen-bond acceptors (Lipinski definition) is 2. The summed E-state index contributed by atoms with van der Waals surface area (Å²) >= 11 is 0. The molecule has 0 amide bonds. The van der Waals surface area contributed by atoms with E-state index >= 15 is 0 Å². The molecule has 0 spiro atoms. The largest absolute Gasteiger partial charge is 0.312 e. The third kappa shape index (κ3) is 3.11. The zero-order valence-corrected chi connectivity index (χ0v) is 8.64. The smallest absolute Gasteiger partial charge is 0.0207 e. The lowest BCUT2D eigenvalue weighted by Gasteiger charge is -2.15. The third-order valence-corrected chi connectivity index (χ3v) is 2.53. The molecule has 1 rings (SSSR count). The van der Waals surface area contributed by atoms with Gasteiger partial charge in [-0.25, -0.2) is 0 Å². The minimum atomic E-state index is 0.757. The Morgan fingerprint density at radius 2 is 2.25 bits per heavy atom. The molecule has 1 N–H and O–H groups in total. The Labute approximate surface area is 76.3 Å². The summed E-state index contributed by atoms with van der Waals surface area (Å²) in [5.74, 6) is 0.778. The quantitative estimate of drug-likeness (QED) is 0.684. The van der Waals surface area contributed by atoms with Crippen LogP contribution in [0.15, 0.2) is 0 Å². The van der Waals surface area contributed by atoms with Gasteiger partial charge in [-0.15, -0.1) is 0 Å². The molecule has 1 saturated heterocycles. The maximum absolute atomic E-state index is 3.60. The lowest BCUT2D eigenvalue weighted by Crippen LogP contribution is -2.34. The van der Waals surface area contributed by atoms with Crippen LogP contribution in [0, 0.1) is 5.92 Å². The van der Waals surface area contributed by atoms with Crippen molar-refractivity contribution in [2.75, 3.05) is 26.2 Å². The van der Waals surface area contributed by atoms with E-state index in [4.69, 9.17) is 0 Å². The molecule has 0 aromatic heterocycles. The molecule has 1 fully saturated rings.